The van der Waals surface area contributed by atoms with Gasteiger partial charge < -0.3 is 10.8 Å². The number of aromatic nitrogens is 2. The summed E-state index contributed by atoms with van der Waals surface area (Å²) in [5, 5.41) is 13.2. The average Bonchev–Trinajstić information content (AvgIpc) is 2.57. The lowest BCUT2D eigenvalue weighted by Gasteiger charge is -2.05. The molecule has 88 valence electrons. The van der Waals surface area contributed by atoms with Gasteiger partial charge in [-0.15, -0.1) is 0 Å². The van der Waals surface area contributed by atoms with E-state index < -0.39 is 5.97 Å². The highest BCUT2D eigenvalue weighted by Crippen LogP contribution is 2.20. The summed E-state index contributed by atoms with van der Waals surface area (Å²) in [5.74, 6) is -0.957. The number of carboxylic acid groups (broad SMARTS) is 1. The maximum absolute atomic E-state index is 10.9. The number of nitrogens with two attached hydrogens (primary N) is 1. The maximum Gasteiger partial charge on any atom is 0.335 e. The third-order valence-electron chi connectivity index (χ3n) is 2.68. The molecule has 0 atom stereocenters. The van der Waals surface area contributed by atoms with Crippen molar-refractivity contribution in [1.29, 1.82) is 0 Å². The van der Waals surface area contributed by atoms with Crippen LogP contribution >= 0.6 is 0 Å². The van der Waals surface area contributed by atoms with E-state index in [1.165, 1.54) is 0 Å². The summed E-state index contributed by atoms with van der Waals surface area (Å²) in [5.41, 5.74) is 8.94. The lowest BCUT2D eigenvalue weighted by Crippen LogP contribution is -2.02. The molecule has 2 aromatic rings. The molecule has 1 heterocycles. The van der Waals surface area contributed by atoms with Gasteiger partial charge in [0.05, 0.1) is 28.3 Å². The third-order valence-corrected chi connectivity index (χ3v) is 2.68. The van der Waals surface area contributed by atoms with Gasteiger partial charge in [-0.3, -0.25) is 0 Å². The number of hydrogen-bond acceptors (Lipinski definition) is 3. The van der Waals surface area contributed by atoms with E-state index in [2.05, 4.69) is 5.10 Å². The summed E-state index contributed by atoms with van der Waals surface area (Å²) in [6.45, 7) is 3.67. The van der Waals surface area contributed by atoms with Crippen LogP contribution in [-0.4, -0.2) is 20.9 Å². The van der Waals surface area contributed by atoms with Gasteiger partial charge in [0.15, 0.2) is 0 Å². The summed E-state index contributed by atoms with van der Waals surface area (Å²) in [6.07, 6.45) is 0. The molecule has 1 aromatic carbocycles. The highest BCUT2D eigenvalue weighted by molar-refractivity contribution is 5.88. The molecule has 0 saturated carbocycles. The first-order valence-electron chi connectivity index (χ1n) is 5.16. The van der Waals surface area contributed by atoms with Crippen molar-refractivity contribution in [3.05, 3.63) is 41.2 Å². The van der Waals surface area contributed by atoms with Crippen LogP contribution < -0.4 is 5.73 Å². The Balaban J connectivity index is 2.56. The van der Waals surface area contributed by atoms with Crippen LogP contribution in [-0.2, 0) is 0 Å². The van der Waals surface area contributed by atoms with Gasteiger partial charge >= 0.3 is 5.97 Å². The number of nitrogen functional groups attached to an aromatic ring is 1. The van der Waals surface area contributed by atoms with Gasteiger partial charge in [-0.25, -0.2) is 9.48 Å². The van der Waals surface area contributed by atoms with Crippen LogP contribution in [0.5, 0.6) is 0 Å². The SMILES string of the molecule is Cc1nn(-c2cccc(C(=O)O)c2)c(C)c1N. The highest BCUT2D eigenvalue weighted by Gasteiger charge is 2.11. The third kappa shape index (κ3) is 1.87. The fourth-order valence-corrected chi connectivity index (χ4v) is 1.68. The Bertz CT molecular complexity index is 587. The smallest absolute Gasteiger partial charge is 0.335 e. The Morgan fingerprint density at radius 3 is 2.65 bits per heavy atom. The van der Waals surface area contributed by atoms with E-state index in [0.29, 0.717) is 11.4 Å². The quantitative estimate of drug-likeness (QED) is 0.825. The molecule has 1 aromatic heterocycles. The Hall–Kier alpha value is -2.30. The second-order valence-electron chi connectivity index (χ2n) is 3.85. The number of benzene rings is 1. The van der Waals surface area contributed by atoms with Crippen molar-refractivity contribution in [2.75, 3.05) is 5.73 Å². The van der Waals surface area contributed by atoms with E-state index >= 15 is 0 Å². The molecule has 2 rings (SSSR count). The zero-order valence-corrected chi connectivity index (χ0v) is 9.64. The lowest BCUT2D eigenvalue weighted by molar-refractivity contribution is 0.0697. The fraction of sp³-hybridized carbons (Fsp3) is 0.167. The monoisotopic (exact) mass is 231 g/mol. The summed E-state index contributed by atoms with van der Waals surface area (Å²) < 4.78 is 1.65. The Morgan fingerprint density at radius 2 is 2.12 bits per heavy atom. The van der Waals surface area contributed by atoms with Crippen LogP contribution in [0.2, 0.25) is 0 Å². The summed E-state index contributed by atoms with van der Waals surface area (Å²) >= 11 is 0. The number of carbonyl (C=O) groups is 1. The second kappa shape index (κ2) is 3.93. The minimum absolute atomic E-state index is 0.230. The van der Waals surface area contributed by atoms with Crippen LogP contribution in [0.25, 0.3) is 5.69 Å². The summed E-state index contributed by atoms with van der Waals surface area (Å²) in [7, 11) is 0. The lowest BCUT2D eigenvalue weighted by atomic mass is 10.2. The van der Waals surface area contributed by atoms with Gasteiger partial charge in [0.2, 0.25) is 0 Å². The average molecular weight is 231 g/mol. The summed E-state index contributed by atoms with van der Waals surface area (Å²) in [4.78, 5) is 10.9. The number of rotatable bonds is 2. The predicted octanol–water partition coefficient (Wildman–Crippen LogP) is 1.77. The van der Waals surface area contributed by atoms with Gasteiger partial charge in [-0.1, -0.05) is 6.07 Å². The molecule has 0 fully saturated rings. The van der Waals surface area contributed by atoms with E-state index in [4.69, 9.17) is 10.8 Å². The molecule has 3 N–H and O–H groups in total. The molecule has 0 spiro atoms. The van der Waals surface area contributed by atoms with E-state index in [9.17, 15) is 4.79 Å². The molecule has 17 heavy (non-hydrogen) atoms. The molecular formula is C12H13N3O2. The van der Waals surface area contributed by atoms with Crippen LogP contribution in [0.3, 0.4) is 0 Å². The molecule has 0 saturated heterocycles. The van der Waals surface area contributed by atoms with E-state index in [1.54, 1.807) is 28.9 Å². The van der Waals surface area contributed by atoms with Gasteiger partial charge in [0.25, 0.3) is 0 Å². The topological polar surface area (TPSA) is 81.1 Å². The molecule has 0 aliphatic heterocycles. The normalized spacial score (nSPS) is 10.5. The Labute approximate surface area is 98.5 Å². The maximum atomic E-state index is 10.9. The molecule has 0 aliphatic rings. The number of anilines is 1. The standard InChI is InChI=1S/C12H13N3O2/c1-7-11(13)8(2)15(14-7)10-5-3-4-9(6-10)12(16)17/h3-6H,13H2,1-2H3,(H,16,17). The number of nitrogens with zero attached hydrogens (tertiary/aromatic N) is 2. The Kier molecular flexibility index (Phi) is 2.59. The minimum atomic E-state index is -0.957. The minimum Gasteiger partial charge on any atom is -0.478 e. The van der Waals surface area contributed by atoms with E-state index in [0.717, 1.165) is 11.4 Å². The molecule has 5 nitrogen and oxygen atoms in total. The van der Waals surface area contributed by atoms with Gasteiger partial charge in [-0.2, -0.15) is 5.10 Å². The van der Waals surface area contributed by atoms with Crippen LogP contribution in [0.15, 0.2) is 24.3 Å². The van der Waals surface area contributed by atoms with Crippen LogP contribution in [0.4, 0.5) is 5.69 Å². The van der Waals surface area contributed by atoms with Crippen molar-refractivity contribution in [2.45, 2.75) is 13.8 Å². The molecule has 5 heteroatoms. The van der Waals surface area contributed by atoms with Crippen molar-refractivity contribution < 1.29 is 9.90 Å². The molecule has 0 aliphatic carbocycles. The number of aryl methyl sites for hydroxylation is 1. The van der Waals surface area contributed by atoms with Gasteiger partial charge in [0, 0.05) is 0 Å². The zero-order chi connectivity index (χ0) is 12.6. The number of aromatic carboxylic acids is 1. The van der Waals surface area contributed by atoms with Gasteiger partial charge in [0.1, 0.15) is 0 Å². The Morgan fingerprint density at radius 1 is 1.41 bits per heavy atom. The van der Waals surface area contributed by atoms with Crippen molar-refractivity contribution in [1.82, 2.24) is 9.78 Å². The number of carboxylic acids is 1. The summed E-state index contributed by atoms with van der Waals surface area (Å²) in [6, 6.07) is 6.60. The van der Waals surface area contributed by atoms with Crippen molar-refractivity contribution >= 4 is 11.7 Å². The first kappa shape index (κ1) is 11.2. The molecule has 0 bridgehead atoms. The van der Waals surface area contributed by atoms with Crippen molar-refractivity contribution in [3.63, 3.8) is 0 Å². The zero-order valence-electron chi connectivity index (χ0n) is 9.64. The van der Waals surface area contributed by atoms with Gasteiger partial charge in [-0.05, 0) is 32.0 Å². The second-order valence-corrected chi connectivity index (χ2v) is 3.85. The van der Waals surface area contributed by atoms with E-state index in [1.807, 2.05) is 13.8 Å². The van der Waals surface area contributed by atoms with Crippen LogP contribution in [0, 0.1) is 13.8 Å². The first-order chi connectivity index (χ1) is 8.00. The molecule has 0 radical (unpaired) electrons. The van der Waals surface area contributed by atoms with Crippen LogP contribution in [0.1, 0.15) is 21.7 Å². The van der Waals surface area contributed by atoms with Crippen molar-refractivity contribution in [2.24, 2.45) is 0 Å². The van der Waals surface area contributed by atoms with E-state index in [-0.39, 0.29) is 5.56 Å². The molecule has 0 amide bonds. The fourth-order valence-electron chi connectivity index (χ4n) is 1.68. The largest absolute Gasteiger partial charge is 0.478 e. The molecule has 0 unspecified atom stereocenters. The molecular weight excluding hydrogens is 218 g/mol. The highest BCUT2D eigenvalue weighted by atomic mass is 16.4. The van der Waals surface area contributed by atoms with Crippen molar-refractivity contribution in [3.8, 4) is 5.69 Å². The number of hydrogen-bond donors (Lipinski definition) is 2. The predicted molar refractivity (Wildman–Crippen MR) is 64.4 cm³/mol. The first-order valence-corrected chi connectivity index (χ1v) is 5.16.